The molecule has 0 spiro atoms. The highest BCUT2D eigenvalue weighted by atomic mass is 19.1. The number of rotatable bonds is 1. The molecular formula is C16H16FNO. The van der Waals surface area contributed by atoms with E-state index in [1.807, 2.05) is 24.3 Å². The van der Waals surface area contributed by atoms with Gasteiger partial charge in [0.05, 0.1) is 0 Å². The van der Waals surface area contributed by atoms with Crippen LogP contribution in [0.1, 0.15) is 34.7 Å². The molecule has 0 radical (unpaired) electrons. The molecule has 0 fully saturated rings. The number of aryl methyl sites for hydroxylation is 1. The van der Waals surface area contributed by atoms with Crippen molar-refractivity contribution in [2.45, 2.75) is 25.0 Å². The van der Waals surface area contributed by atoms with Crippen molar-refractivity contribution < 1.29 is 9.50 Å². The Morgan fingerprint density at radius 1 is 1.26 bits per heavy atom. The summed E-state index contributed by atoms with van der Waals surface area (Å²) in [5, 5.41) is 11.0. The lowest BCUT2D eigenvalue weighted by Gasteiger charge is -2.25. The van der Waals surface area contributed by atoms with E-state index < -0.39 is 5.60 Å². The van der Waals surface area contributed by atoms with Gasteiger partial charge in [0, 0.05) is 12.5 Å². The minimum atomic E-state index is -1.19. The largest absolute Gasteiger partial charge is 0.380 e. The van der Waals surface area contributed by atoms with Gasteiger partial charge in [0.1, 0.15) is 11.4 Å². The second kappa shape index (κ2) is 4.15. The molecule has 3 N–H and O–H groups in total. The Bertz CT molecular complexity index is 640. The number of nitrogens with two attached hydrogens (primary N) is 1. The first-order valence-electron chi connectivity index (χ1n) is 6.36. The monoisotopic (exact) mass is 257 g/mol. The van der Waals surface area contributed by atoms with Gasteiger partial charge in [0.25, 0.3) is 0 Å². The number of halogens is 1. The standard InChI is InChI=1S/C16H16FNO/c1-10-6-7-11(8-14(10)17)16(19)9-15(18)12-4-2-3-5-13(12)16/h2-8,15,19H,9,18H2,1H3. The van der Waals surface area contributed by atoms with E-state index in [9.17, 15) is 9.50 Å². The molecule has 0 aliphatic heterocycles. The zero-order valence-corrected chi connectivity index (χ0v) is 10.7. The SMILES string of the molecule is Cc1ccc(C2(O)CC(N)c3ccccc32)cc1F. The van der Waals surface area contributed by atoms with E-state index in [0.29, 0.717) is 17.5 Å². The molecule has 0 saturated heterocycles. The molecular weight excluding hydrogens is 241 g/mol. The van der Waals surface area contributed by atoms with Gasteiger partial charge in [-0.25, -0.2) is 4.39 Å². The van der Waals surface area contributed by atoms with E-state index in [2.05, 4.69) is 0 Å². The van der Waals surface area contributed by atoms with Crippen LogP contribution in [0.15, 0.2) is 42.5 Å². The molecule has 1 aliphatic rings. The Labute approximate surface area is 111 Å². The summed E-state index contributed by atoms with van der Waals surface area (Å²) in [4.78, 5) is 0. The predicted molar refractivity (Wildman–Crippen MR) is 72.1 cm³/mol. The smallest absolute Gasteiger partial charge is 0.126 e. The maximum Gasteiger partial charge on any atom is 0.126 e. The molecule has 98 valence electrons. The second-order valence-corrected chi connectivity index (χ2v) is 5.22. The summed E-state index contributed by atoms with van der Waals surface area (Å²) >= 11 is 0. The van der Waals surface area contributed by atoms with Crippen LogP contribution in [0.5, 0.6) is 0 Å². The number of fused-ring (bicyclic) bond motifs is 1. The van der Waals surface area contributed by atoms with Gasteiger partial charge in [-0.15, -0.1) is 0 Å². The molecule has 0 saturated carbocycles. The first-order valence-corrected chi connectivity index (χ1v) is 6.36. The van der Waals surface area contributed by atoms with E-state index in [0.717, 1.165) is 11.1 Å². The van der Waals surface area contributed by atoms with Crippen LogP contribution in [0.2, 0.25) is 0 Å². The second-order valence-electron chi connectivity index (χ2n) is 5.22. The summed E-state index contributed by atoms with van der Waals surface area (Å²) < 4.78 is 13.7. The van der Waals surface area contributed by atoms with Gasteiger partial charge in [-0.05, 0) is 35.2 Å². The number of aliphatic hydroxyl groups is 1. The summed E-state index contributed by atoms with van der Waals surface area (Å²) in [5.74, 6) is -0.302. The van der Waals surface area contributed by atoms with Gasteiger partial charge in [0.2, 0.25) is 0 Å². The van der Waals surface area contributed by atoms with Crippen LogP contribution in [-0.2, 0) is 5.60 Å². The number of hydrogen-bond donors (Lipinski definition) is 2. The minimum absolute atomic E-state index is 0.217. The zero-order chi connectivity index (χ0) is 13.6. The lowest BCUT2D eigenvalue weighted by Crippen LogP contribution is -2.25. The van der Waals surface area contributed by atoms with Crippen LogP contribution >= 0.6 is 0 Å². The highest BCUT2D eigenvalue weighted by Crippen LogP contribution is 2.46. The van der Waals surface area contributed by atoms with E-state index in [1.54, 1.807) is 19.1 Å². The van der Waals surface area contributed by atoms with Crippen LogP contribution in [0, 0.1) is 12.7 Å². The Kier molecular flexibility index (Phi) is 2.69. The van der Waals surface area contributed by atoms with Crippen LogP contribution in [-0.4, -0.2) is 5.11 Å². The Morgan fingerprint density at radius 2 is 2.00 bits per heavy atom. The molecule has 2 nitrogen and oxygen atoms in total. The lowest BCUT2D eigenvalue weighted by atomic mass is 9.87. The molecule has 19 heavy (non-hydrogen) atoms. The van der Waals surface area contributed by atoms with Crippen LogP contribution in [0.3, 0.4) is 0 Å². The third kappa shape index (κ3) is 1.78. The summed E-state index contributed by atoms with van der Waals surface area (Å²) in [6.07, 6.45) is 0.384. The van der Waals surface area contributed by atoms with Crippen molar-refractivity contribution >= 4 is 0 Å². The summed E-state index contributed by atoms with van der Waals surface area (Å²) in [6.45, 7) is 1.71. The van der Waals surface area contributed by atoms with Crippen molar-refractivity contribution in [2.75, 3.05) is 0 Å². The fraction of sp³-hybridized carbons (Fsp3) is 0.250. The maximum absolute atomic E-state index is 13.7. The fourth-order valence-corrected chi connectivity index (χ4v) is 2.86. The van der Waals surface area contributed by atoms with Gasteiger partial charge in [-0.1, -0.05) is 36.4 Å². The summed E-state index contributed by atoms with van der Waals surface area (Å²) in [5.41, 5.74) is 7.74. The molecule has 2 aromatic rings. The quantitative estimate of drug-likeness (QED) is 0.825. The maximum atomic E-state index is 13.7. The van der Waals surface area contributed by atoms with Gasteiger partial charge in [-0.2, -0.15) is 0 Å². The molecule has 2 aromatic carbocycles. The van der Waals surface area contributed by atoms with Crippen molar-refractivity contribution in [3.63, 3.8) is 0 Å². The van der Waals surface area contributed by atoms with Crippen LogP contribution < -0.4 is 5.73 Å². The Morgan fingerprint density at radius 3 is 2.74 bits per heavy atom. The van der Waals surface area contributed by atoms with Crippen molar-refractivity contribution in [3.8, 4) is 0 Å². The van der Waals surface area contributed by atoms with Crippen molar-refractivity contribution in [1.29, 1.82) is 0 Å². The number of benzene rings is 2. The first-order chi connectivity index (χ1) is 9.02. The number of hydrogen-bond acceptors (Lipinski definition) is 2. The van der Waals surface area contributed by atoms with E-state index in [-0.39, 0.29) is 11.9 Å². The third-order valence-electron chi connectivity index (χ3n) is 3.97. The molecule has 3 heteroatoms. The normalized spacial score (nSPS) is 25.4. The molecule has 1 aliphatic carbocycles. The average Bonchev–Trinajstić information content (AvgIpc) is 2.67. The molecule has 3 rings (SSSR count). The van der Waals surface area contributed by atoms with Crippen LogP contribution in [0.25, 0.3) is 0 Å². The molecule has 0 amide bonds. The van der Waals surface area contributed by atoms with Crippen molar-refractivity contribution in [1.82, 2.24) is 0 Å². The molecule has 2 unspecified atom stereocenters. The van der Waals surface area contributed by atoms with E-state index in [1.165, 1.54) is 6.07 Å². The van der Waals surface area contributed by atoms with Crippen molar-refractivity contribution in [2.24, 2.45) is 5.73 Å². The topological polar surface area (TPSA) is 46.2 Å². The lowest BCUT2D eigenvalue weighted by molar-refractivity contribution is 0.0772. The summed E-state index contributed by atoms with van der Waals surface area (Å²) in [6, 6.07) is 12.2. The minimum Gasteiger partial charge on any atom is -0.380 e. The predicted octanol–water partition coefficient (Wildman–Crippen LogP) is 2.77. The average molecular weight is 257 g/mol. The van der Waals surface area contributed by atoms with Gasteiger partial charge in [0.15, 0.2) is 0 Å². The molecule has 2 atom stereocenters. The highest BCUT2D eigenvalue weighted by molar-refractivity contribution is 5.47. The highest BCUT2D eigenvalue weighted by Gasteiger charge is 2.42. The summed E-state index contributed by atoms with van der Waals surface area (Å²) in [7, 11) is 0. The van der Waals surface area contributed by atoms with E-state index >= 15 is 0 Å². The zero-order valence-electron chi connectivity index (χ0n) is 10.7. The van der Waals surface area contributed by atoms with E-state index in [4.69, 9.17) is 5.73 Å². The van der Waals surface area contributed by atoms with Crippen LogP contribution in [0.4, 0.5) is 4.39 Å². The molecule has 0 aromatic heterocycles. The Hall–Kier alpha value is -1.71. The fourth-order valence-electron chi connectivity index (χ4n) is 2.86. The van der Waals surface area contributed by atoms with Gasteiger partial charge >= 0.3 is 0 Å². The van der Waals surface area contributed by atoms with Gasteiger partial charge < -0.3 is 10.8 Å². The Balaban J connectivity index is 2.17. The van der Waals surface area contributed by atoms with Gasteiger partial charge in [-0.3, -0.25) is 0 Å². The third-order valence-corrected chi connectivity index (χ3v) is 3.97. The molecule has 0 heterocycles. The first kappa shape index (κ1) is 12.3. The molecule has 0 bridgehead atoms. The van der Waals surface area contributed by atoms with Crippen molar-refractivity contribution in [3.05, 3.63) is 70.5 Å².